The van der Waals surface area contributed by atoms with Crippen LogP contribution in [0.25, 0.3) is 0 Å². The van der Waals surface area contributed by atoms with Crippen molar-refractivity contribution in [2.75, 3.05) is 0 Å². The molecule has 0 unspecified atom stereocenters. The van der Waals surface area contributed by atoms with E-state index in [2.05, 4.69) is 36.9 Å². The zero-order valence-corrected chi connectivity index (χ0v) is 9.80. The normalized spacial score (nSPS) is 10.3. The zero-order valence-electron chi connectivity index (χ0n) is 8.15. The molecule has 0 fully saturated rings. The van der Waals surface area contributed by atoms with Crippen molar-refractivity contribution < 1.29 is 0 Å². The minimum atomic E-state index is 0.782. The van der Waals surface area contributed by atoms with E-state index >= 15 is 0 Å². The van der Waals surface area contributed by atoms with Gasteiger partial charge in [-0.1, -0.05) is 35.9 Å². The summed E-state index contributed by atoms with van der Waals surface area (Å²) in [4.78, 5) is 0.995. The van der Waals surface area contributed by atoms with E-state index in [1.807, 2.05) is 24.3 Å². The van der Waals surface area contributed by atoms with Crippen LogP contribution in [0.2, 0.25) is 5.02 Å². The smallest absolute Gasteiger partial charge is 0.0406 e. The molecule has 0 aliphatic carbocycles. The Balaban J connectivity index is 2.15. The van der Waals surface area contributed by atoms with Crippen molar-refractivity contribution in [1.82, 2.24) is 0 Å². The highest BCUT2D eigenvalue weighted by Gasteiger charge is 1.96. The molecule has 0 aliphatic heterocycles. The molecule has 2 aromatic rings. The molecule has 15 heavy (non-hydrogen) atoms. The minimum absolute atomic E-state index is 0.782. The van der Waals surface area contributed by atoms with Crippen LogP contribution in [0.4, 0.5) is 0 Å². The molecule has 0 saturated carbocycles. The summed E-state index contributed by atoms with van der Waals surface area (Å²) in [7, 11) is 0. The van der Waals surface area contributed by atoms with Crippen LogP contribution >= 0.6 is 24.2 Å². The Morgan fingerprint density at radius 3 is 1.80 bits per heavy atom. The number of hydrogen-bond donors (Lipinski definition) is 1. The lowest BCUT2D eigenvalue weighted by molar-refractivity contribution is 1.18. The first-order valence-electron chi connectivity index (χ1n) is 4.76. The van der Waals surface area contributed by atoms with Gasteiger partial charge in [-0.05, 0) is 41.8 Å². The van der Waals surface area contributed by atoms with Crippen molar-refractivity contribution in [2.45, 2.75) is 11.3 Å². The Morgan fingerprint density at radius 1 is 0.800 bits per heavy atom. The quantitative estimate of drug-likeness (QED) is 0.739. The van der Waals surface area contributed by atoms with Crippen LogP contribution in [0.1, 0.15) is 11.1 Å². The molecule has 0 heterocycles. The van der Waals surface area contributed by atoms with Gasteiger partial charge in [-0.15, -0.1) is 12.6 Å². The summed E-state index contributed by atoms with van der Waals surface area (Å²) in [5, 5.41) is 0.782. The Morgan fingerprint density at radius 2 is 1.27 bits per heavy atom. The van der Waals surface area contributed by atoms with E-state index in [0.29, 0.717) is 0 Å². The number of benzene rings is 2. The van der Waals surface area contributed by atoms with E-state index < -0.39 is 0 Å². The molecule has 0 aromatic heterocycles. The van der Waals surface area contributed by atoms with E-state index in [9.17, 15) is 0 Å². The van der Waals surface area contributed by atoms with Gasteiger partial charge in [-0.2, -0.15) is 0 Å². The fourth-order valence-electron chi connectivity index (χ4n) is 1.45. The Kier molecular flexibility index (Phi) is 3.34. The van der Waals surface area contributed by atoms with Crippen molar-refractivity contribution in [3.63, 3.8) is 0 Å². The predicted octanol–water partition coefficient (Wildman–Crippen LogP) is 4.22. The molecule has 0 radical (unpaired) electrons. The SMILES string of the molecule is Sc1ccc(Cc2ccc(Cl)cc2)cc1. The molecule has 2 heteroatoms. The van der Waals surface area contributed by atoms with Crippen molar-refractivity contribution in [3.8, 4) is 0 Å². The first-order chi connectivity index (χ1) is 7.24. The second-order valence-electron chi connectivity index (χ2n) is 3.47. The fraction of sp³-hybridized carbons (Fsp3) is 0.0769. The van der Waals surface area contributed by atoms with Gasteiger partial charge in [0.1, 0.15) is 0 Å². The largest absolute Gasteiger partial charge is 0.143 e. The van der Waals surface area contributed by atoms with Crippen LogP contribution in [0.5, 0.6) is 0 Å². The van der Waals surface area contributed by atoms with Gasteiger partial charge in [-0.3, -0.25) is 0 Å². The average molecular weight is 235 g/mol. The number of thiol groups is 1. The van der Waals surface area contributed by atoms with Crippen LogP contribution in [0.3, 0.4) is 0 Å². The fourth-order valence-corrected chi connectivity index (χ4v) is 1.73. The van der Waals surface area contributed by atoms with Crippen LogP contribution in [-0.4, -0.2) is 0 Å². The highest BCUT2D eigenvalue weighted by Crippen LogP contribution is 2.15. The first kappa shape index (κ1) is 10.6. The van der Waals surface area contributed by atoms with E-state index in [4.69, 9.17) is 11.6 Å². The number of halogens is 1. The van der Waals surface area contributed by atoms with Crippen LogP contribution < -0.4 is 0 Å². The first-order valence-corrected chi connectivity index (χ1v) is 5.59. The third-order valence-electron chi connectivity index (χ3n) is 2.26. The van der Waals surface area contributed by atoms with Crippen LogP contribution in [0, 0.1) is 0 Å². The molecule has 0 aliphatic rings. The van der Waals surface area contributed by atoms with Gasteiger partial charge in [0.2, 0.25) is 0 Å². The Bertz CT molecular complexity index is 388. The maximum Gasteiger partial charge on any atom is 0.0406 e. The molecule has 0 spiro atoms. The van der Waals surface area contributed by atoms with Crippen molar-refractivity contribution in [3.05, 3.63) is 64.7 Å². The van der Waals surface area contributed by atoms with Crippen molar-refractivity contribution in [2.24, 2.45) is 0 Å². The summed E-state index contributed by atoms with van der Waals surface area (Å²) >= 11 is 10.1. The molecule has 0 bridgehead atoms. The summed E-state index contributed by atoms with van der Waals surface area (Å²) in [5.74, 6) is 0. The summed E-state index contributed by atoms with van der Waals surface area (Å²) in [6.45, 7) is 0. The van der Waals surface area contributed by atoms with Gasteiger partial charge in [-0.25, -0.2) is 0 Å². The van der Waals surface area contributed by atoms with Crippen LogP contribution in [0.15, 0.2) is 53.4 Å². The second kappa shape index (κ2) is 4.73. The Hall–Kier alpha value is -0.920. The van der Waals surface area contributed by atoms with Crippen LogP contribution in [-0.2, 0) is 6.42 Å². The minimum Gasteiger partial charge on any atom is -0.143 e. The lowest BCUT2D eigenvalue weighted by atomic mass is 10.1. The summed E-state index contributed by atoms with van der Waals surface area (Å²) in [6.07, 6.45) is 0.936. The molecule has 2 rings (SSSR count). The van der Waals surface area contributed by atoms with E-state index in [-0.39, 0.29) is 0 Å². The maximum atomic E-state index is 5.83. The third kappa shape index (κ3) is 3.01. The molecular formula is C13H11ClS. The lowest BCUT2D eigenvalue weighted by Gasteiger charge is -2.02. The average Bonchev–Trinajstić information content (AvgIpc) is 2.25. The van der Waals surface area contributed by atoms with Crippen molar-refractivity contribution in [1.29, 1.82) is 0 Å². The van der Waals surface area contributed by atoms with E-state index in [1.54, 1.807) is 0 Å². The second-order valence-corrected chi connectivity index (χ2v) is 4.42. The molecule has 0 saturated heterocycles. The molecule has 2 aromatic carbocycles. The summed E-state index contributed by atoms with van der Waals surface area (Å²) in [5.41, 5.74) is 2.56. The van der Waals surface area contributed by atoms with Gasteiger partial charge in [0, 0.05) is 9.92 Å². The summed E-state index contributed by atoms with van der Waals surface area (Å²) < 4.78 is 0. The number of hydrogen-bond acceptors (Lipinski definition) is 1. The number of rotatable bonds is 2. The van der Waals surface area contributed by atoms with Crippen molar-refractivity contribution >= 4 is 24.2 Å². The predicted molar refractivity (Wildman–Crippen MR) is 68.0 cm³/mol. The summed E-state index contributed by atoms with van der Waals surface area (Å²) in [6, 6.07) is 16.2. The third-order valence-corrected chi connectivity index (χ3v) is 2.81. The van der Waals surface area contributed by atoms with E-state index in [1.165, 1.54) is 11.1 Å². The van der Waals surface area contributed by atoms with Gasteiger partial charge in [0.05, 0.1) is 0 Å². The zero-order chi connectivity index (χ0) is 10.7. The van der Waals surface area contributed by atoms with Gasteiger partial charge < -0.3 is 0 Å². The Labute approximate surface area is 100 Å². The molecule has 0 amide bonds. The molecular weight excluding hydrogens is 224 g/mol. The highest BCUT2D eigenvalue weighted by atomic mass is 35.5. The molecule has 76 valence electrons. The monoisotopic (exact) mass is 234 g/mol. The standard InChI is InChI=1S/C13H11ClS/c14-12-5-1-10(2-6-12)9-11-3-7-13(15)8-4-11/h1-8,15H,9H2. The molecule has 0 N–H and O–H groups in total. The van der Waals surface area contributed by atoms with Gasteiger partial charge in [0.15, 0.2) is 0 Å². The highest BCUT2D eigenvalue weighted by molar-refractivity contribution is 7.80. The van der Waals surface area contributed by atoms with Gasteiger partial charge >= 0.3 is 0 Å². The molecule has 0 atom stereocenters. The molecule has 0 nitrogen and oxygen atoms in total. The topological polar surface area (TPSA) is 0 Å². The lowest BCUT2D eigenvalue weighted by Crippen LogP contribution is -1.86. The van der Waals surface area contributed by atoms with E-state index in [0.717, 1.165) is 16.3 Å². The van der Waals surface area contributed by atoms with Gasteiger partial charge in [0.25, 0.3) is 0 Å². The maximum absolute atomic E-state index is 5.83.